The van der Waals surface area contributed by atoms with E-state index in [0.29, 0.717) is 16.3 Å². The van der Waals surface area contributed by atoms with Crippen molar-refractivity contribution in [3.63, 3.8) is 0 Å². The third kappa shape index (κ3) is 2.87. The third-order valence-corrected chi connectivity index (χ3v) is 3.25. The van der Waals surface area contributed by atoms with Crippen LogP contribution in [-0.4, -0.2) is 15.5 Å². The quantitative estimate of drug-likeness (QED) is 0.847. The molecule has 3 N–H and O–H groups in total. The van der Waals surface area contributed by atoms with Gasteiger partial charge in [0.2, 0.25) is 0 Å². The van der Waals surface area contributed by atoms with Crippen molar-refractivity contribution >= 4 is 28.8 Å². The van der Waals surface area contributed by atoms with Crippen LogP contribution in [0.15, 0.2) is 18.2 Å². The molecule has 19 heavy (non-hydrogen) atoms. The average Bonchev–Trinajstić information content (AvgIpc) is 2.83. The van der Waals surface area contributed by atoms with E-state index in [1.807, 2.05) is 13.8 Å². The van der Waals surface area contributed by atoms with Gasteiger partial charge in [0.1, 0.15) is 10.7 Å². The topological polar surface area (TPSA) is 80.9 Å². The highest BCUT2D eigenvalue weighted by Gasteiger charge is 2.19. The number of carbonyl (C=O) groups is 1. The van der Waals surface area contributed by atoms with E-state index in [4.69, 9.17) is 5.73 Å². The van der Waals surface area contributed by atoms with Crippen LogP contribution in [0.4, 0.5) is 15.8 Å². The van der Waals surface area contributed by atoms with Crippen LogP contribution in [0, 0.1) is 5.82 Å². The van der Waals surface area contributed by atoms with Crippen LogP contribution in [0.2, 0.25) is 0 Å². The Labute approximate surface area is 113 Å². The first kappa shape index (κ1) is 13.4. The molecule has 1 aromatic carbocycles. The van der Waals surface area contributed by atoms with Gasteiger partial charge in [-0.25, -0.2) is 4.39 Å². The zero-order valence-electron chi connectivity index (χ0n) is 10.5. The van der Waals surface area contributed by atoms with Crippen LogP contribution in [0.25, 0.3) is 0 Å². The van der Waals surface area contributed by atoms with Crippen molar-refractivity contribution < 1.29 is 9.18 Å². The molecular formula is C12H13FN4OS. The van der Waals surface area contributed by atoms with Crippen LogP contribution in [0.1, 0.15) is 35.1 Å². The van der Waals surface area contributed by atoms with Crippen molar-refractivity contribution in [3.05, 3.63) is 34.6 Å². The number of rotatable bonds is 3. The number of benzene rings is 1. The lowest BCUT2D eigenvalue weighted by molar-refractivity contribution is 0.102. The highest BCUT2D eigenvalue weighted by molar-refractivity contribution is 7.08. The van der Waals surface area contributed by atoms with Crippen LogP contribution < -0.4 is 11.1 Å². The van der Waals surface area contributed by atoms with Gasteiger partial charge in [-0.3, -0.25) is 4.79 Å². The maximum Gasteiger partial charge on any atom is 0.269 e. The summed E-state index contributed by atoms with van der Waals surface area (Å²) in [6.07, 6.45) is 0. The van der Waals surface area contributed by atoms with Crippen LogP contribution in [-0.2, 0) is 0 Å². The molecule has 100 valence electrons. The molecule has 0 aliphatic heterocycles. The molecule has 0 saturated heterocycles. The Morgan fingerprint density at radius 3 is 2.89 bits per heavy atom. The monoisotopic (exact) mass is 280 g/mol. The van der Waals surface area contributed by atoms with Gasteiger partial charge in [-0.15, -0.1) is 5.10 Å². The van der Waals surface area contributed by atoms with E-state index in [-0.39, 0.29) is 11.6 Å². The summed E-state index contributed by atoms with van der Waals surface area (Å²) in [6, 6.07) is 4.01. The second-order valence-corrected chi connectivity index (χ2v) is 5.09. The van der Waals surface area contributed by atoms with Gasteiger partial charge in [-0.1, -0.05) is 18.3 Å². The largest absolute Gasteiger partial charge is 0.399 e. The Kier molecular flexibility index (Phi) is 3.75. The first-order valence-corrected chi connectivity index (χ1v) is 6.45. The second-order valence-electron chi connectivity index (χ2n) is 4.34. The van der Waals surface area contributed by atoms with Crippen molar-refractivity contribution in [1.29, 1.82) is 0 Å². The van der Waals surface area contributed by atoms with Gasteiger partial charge in [0.15, 0.2) is 0 Å². The van der Waals surface area contributed by atoms with Gasteiger partial charge in [0.05, 0.1) is 11.4 Å². The molecule has 2 rings (SSSR count). The molecule has 0 fully saturated rings. The number of amides is 1. The molecular weight excluding hydrogens is 267 g/mol. The summed E-state index contributed by atoms with van der Waals surface area (Å²) in [5, 5.41) is 6.39. The summed E-state index contributed by atoms with van der Waals surface area (Å²) in [7, 11) is 0. The smallest absolute Gasteiger partial charge is 0.269 e. The molecule has 1 amide bonds. The number of hydrogen-bond acceptors (Lipinski definition) is 5. The van der Waals surface area contributed by atoms with Crippen molar-refractivity contribution in [3.8, 4) is 0 Å². The van der Waals surface area contributed by atoms with E-state index in [0.717, 1.165) is 11.5 Å². The molecule has 2 aromatic rings. The lowest BCUT2D eigenvalue weighted by Crippen LogP contribution is -2.14. The Hall–Kier alpha value is -2.02. The SMILES string of the molecule is CC(C)c1nnsc1C(=O)Nc1cc(N)ccc1F. The number of nitrogens with one attached hydrogen (secondary N) is 1. The molecule has 0 atom stereocenters. The van der Waals surface area contributed by atoms with Crippen molar-refractivity contribution in [2.75, 3.05) is 11.1 Å². The van der Waals surface area contributed by atoms with Gasteiger partial charge >= 0.3 is 0 Å². The van der Waals surface area contributed by atoms with E-state index < -0.39 is 11.7 Å². The minimum Gasteiger partial charge on any atom is -0.399 e. The number of halogens is 1. The van der Waals surface area contributed by atoms with Crippen LogP contribution in [0.5, 0.6) is 0 Å². The number of aromatic nitrogens is 2. The zero-order valence-corrected chi connectivity index (χ0v) is 11.3. The Morgan fingerprint density at radius 2 is 2.21 bits per heavy atom. The lowest BCUT2D eigenvalue weighted by Gasteiger charge is -2.07. The molecule has 1 aromatic heterocycles. The van der Waals surface area contributed by atoms with E-state index >= 15 is 0 Å². The third-order valence-electron chi connectivity index (χ3n) is 2.51. The van der Waals surface area contributed by atoms with Crippen molar-refractivity contribution in [1.82, 2.24) is 9.59 Å². The zero-order chi connectivity index (χ0) is 14.0. The van der Waals surface area contributed by atoms with Crippen LogP contribution >= 0.6 is 11.5 Å². The molecule has 0 radical (unpaired) electrons. The molecule has 1 heterocycles. The summed E-state index contributed by atoms with van der Waals surface area (Å²) in [4.78, 5) is 12.5. The summed E-state index contributed by atoms with van der Waals surface area (Å²) in [5.41, 5.74) is 6.59. The number of nitrogen functional groups attached to an aromatic ring is 1. The van der Waals surface area contributed by atoms with Gasteiger partial charge in [0, 0.05) is 5.69 Å². The van der Waals surface area contributed by atoms with E-state index in [1.54, 1.807) is 0 Å². The highest BCUT2D eigenvalue weighted by Crippen LogP contribution is 2.23. The fourth-order valence-corrected chi connectivity index (χ4v) is 2.27. The Morgan fingerprint density at radius 1 is 1.47 bits per heavy atom. The summed E-state index contributed by atoms with van der Waals surface area (Å²) in [6.45, 7) is 3.82. The fraction of sp³-hybridized carbons (Fsp3) is 0.250. The van der Waals surface area contributed by atoms with E-state index in [9.17, 15) is 9.18 Å². The minimum absolute atomic E-state index is 0.0492. The van der Waals surface area contributed by atoms with Gasteiger partial charge in [0.25, 0.3) is 5.91 Å². The van der Waals surface area contributed by atoms with Crippen molar-refractivity contribution in [2.24, 2.45) is 0 Å². The molecule has 0 saturated carbocycles. The molecule has 7 heteroatoms. The average molecular weight is 280 g/mol. The summed E-state index contributed by atoms with van der Waals surface area (Å²) < 4.78 is 17.3. The maximum absolute atomic E-state index is 13.5. The molecule has 0 aliphatic rings. The molecule has 5 nitrogen and oxygen atoms in total. The fourth-order valence-electron chi connectivity index (χ4n) is 1.55. The Balaban J connectivity index is 2.26. The normalized spacial score (nSPS) is 10.7. The molecule has 0 bridgehead atoms. The van der Waals surface area contributed by atoms with Crippen LogP contribution in [0.3, 0.4) is 0 Å². The number of nitrogens with two attached hydrogens (primary N) is 1. The second kappa shape index (κ2) is 5.31. The maximum atomic E-state index is 13.5. The first-order valence-electron chi connectivity index (χ1n) is 5.67. The molecule has 0 unspecified atom stereocenters. The molecule has 0 spiro atoms. The van der Waals surface area contributed by atoms with E-state index in [2.05, 4.69) is 14.9 Å². The molecule has 0 aliphatic carbocycles. The predicted molar refractivity (Wildman–Crippen MR) is 72.8 cm³/mol. The predicted octanol–water partition coefficient (Wildman–Crippen LogP) is 2.64. The van der Waals surface area contributed by atoms with Gasteiger partial charge in [-0.2, -0.15) is 0 Å². The summed E-state index contributed by atoms with van der Waals surface area (Å²) in [5.74, 6) is -0.889. The number of carbonyl (C=O) groups excluding carboxylic acids is 1. The minimum atomic E-state index is -0.536. The number of hydrogen-bond donors (Lipinski definition) is 2. The standard InChI is InChI=1S/C12H13FN4OS/c1-6(2)10-11(19-17-16-10)12(18)15-9-5-7(14)3-4-8(9)13/h3-6H,14H2,1-2H3,(H,15,18). The van der Waals surface area contributed by atoms with Gasteiger partial charge in [-0.05, 0) is 35.6 Å². The highest BCUT2D eigenvalue weighted by atomic mass is 32.1. The summed E-state index contributed by atoms with van der Waals surface area (Å²) >= 11 is 0.988. The first-order chi connectivity index (χ1) is 8.99. The lowest BCUT2D eigenvalue weighted by atomic mass is 10.1. The number of anilines is 2. The van der Waals surface area contributed by atoms with Crippen molar-refractivity contribution in [2.45, 2.75) is 19.8 Å². The number of nitrogens with zero attached hydrogens (tertiary/aromatic N) is 2. The van der Waals surface area contributed by atoms with E-state index in [1.165, 1.54) is 18.2 Å². The Bertz CT molecular complexity index is 612. The van der Waals surface area contributed by atoms with Gasteiger partial charge < -0.3 is 11.1 Å².